The van der Waals surface area contributed by atoms with Crippen molar-refractivity contribution in [2.24, 2.45) is 0 Å². The van der Waals surface area contributed by atoms with Crippen LogP contribution in [-0.2, 0) is 4.79 Å². The van der Waals surface area contributed by atoms with Gasteiger partial charge in [0.2, 0.25) is 5.91 Å². The number of para-hydroxylation sites is 1. The number of hydrogen-bond donors (Lipinski definition) is 3. The minimum Gasteiger partial charge on any atom is -0.382 e. The number of rotatable bonds is 4. The van der Waals surface area contributed by atoms with Gasteiger partial charge in [0.1, 0.15) is 0 Å². The van der Waals surface area contributed by atoms with Crippen molar-refractivity contribution < 1.29 is 9.59 Å². The summed E-state index contributed by atoms with van der Waals surface area (Å²) in [5, 5.41) is 9.16. The quantitative estimate of drug-likeness (QED) is 0.758. The van der Waals surface area contributed by atoms with Gasteiger partial charge in [-0.05, 0) is 19.1 Å². The minimum atomic E-state index is -0.163. The fourth-order valence-corrected chi connectivity index (χ4v) is 2.20. The molecule has 108 valence electrons. The standard InChI is InChI=1S/C14H20N4O2/c1-3-15-12(19)9-18(2)14(20)10-5-4-6-11-13(10)17-8-7-16-11/h4-6,16-17H,3,7-9H2,1-2H3,(H,15,19). The number of benzene rings is 1. The van der Waals surface area contributed by atoms with Gasteiger partial charge in [-0.1, -0.05) is 6.07 Å². The first-order chi connectivity index (χ1) is 9.63. The molecule has 0 saturated carbocycles. The van der Waals surface area contributed by atoms with Crippen LogP contribution >= 0.6 is 0 Å². The number of hydrogen-bond acceptors (Lipinski definition) is 4. The molecule has 1 aromatic carbocycles. The van der Waals surface area contributed by atoms with Crippen LogP contribution < -0.4 is 16.0 Å². The Morgan fingerprint density at radius 3 is 2.80 bits per heavy atom. The SMILES string of the molecule is CCNC(=O)CN(C)C(=O)c1cccc2c1NCCN2. The second-order valence-electron chi connectivity index (χ2n) is 4.70. The van der Waals surface area contributed by atoms with E-state index in [2.05, 4.69) is 16.0 Å². The van der Waals surface area contributed by atoms with Crippen LogP contribution in [0.4, 0.5) is 11.4 Å². The highest BCUT2D eigenvalue weighted by molar-refractivity contribution is 6.03. The van der Waals surface area contributed by atoms with Crippen LogP contribution in [0.5, 0.6) is 0 Å². The van der Waals surface area contributed by atoms with Gasteiger partial charge in [-0.2, -0.15) is 0 Å². The molecular formula is C14H20N4O2. The fourth-order valence-electron chi connectivity index (χ4n) is 2.20. The van der Waals surface area contributed by atoms with Crippen LogP contribution in [0, 0.1) is 0 Å². The molecule has 0 fully saturated rings. The zero-order valence-electron chi connectivity index (χ0n) is 11.8. The first-order valence-electron chi connectivity index (χ1n) is 6.76. The van der Waals surface area contributed by atoms with Crippen molar-refractivity contribution in [3.05, 3.63) is 23.8 Å². The Bertz CT molecular complexity index is 516. The number of carbonyl (C=O) groups is 2. The van der Waals surface area contributed by atoms with Crippen molar-refractivity contribution >= 4 is 23.2 Å². The van der Waals surface area contributed by atoms with E-state index in [1.54, 1.807) is 13.1 Å². The maximum Gasteiger partial charge on any atom is 0.256 e. The number of nitrogens with zero attached hydrogens (tertiary/aromatic N) is 1. The zero-order chi connectivity index (χ0) is 14.5. The summed E-state index contributed by atoms with van der Waals surface area (Å²) in [6.45, 7) is 4.08. The molecule has 0 spiro atoms. The Balaban J connectivity index is 2.14. The molecule has 0 radical (unpaired) electrons. The summed E-state index contributed by atoms with van der Waals surface area (Å²) < 4.78 is 0. The molecule has 1 aliphatic heterocycles. The van der Waals surface area contributed by atoms with Crippen LogP contribution in [-0.4, -0.2) is 49.9 Å². The van der Waals surface area contributed by atoms with Crippen LogP contribution in [0.25, 0.3) is 0 Å². The van der Waals surface area contributed by atoms with Crippen molar-refractivity contribution in [1.82, 2.24) is 10.2 Å². The third kappa shape index (κ3) is 3.01. The van der Waals surface area contributed by atoms with Gasteiger partial charge in [0, 0.05) is 26.7 Å². The Morgan fingerprint density at radius 1 is 1.30 bits per heavy atom. The molecule has 0 bridgehead atoms. The van der Waals surface area contributed by atoms with Crippen LogP contribution in [0.1, 0.15) is 17.3 Å². The lowest BCUT2D eigenvalue weighted by atomic mass is 10.1. The maximum absolute atomic E-state index is 12.4. The second-order valence-corrected chi connectivity index (χ2v) is 4.70. The van der Waals surface area contributed by atoms with Gasteiger partial charge in [0.25, 0.3) is 5.91 Å². The third-order valence-electron chi connectivity index (χ3n) is 3.14. The third-order valence-corrected chi connectivity index (χ3v) is 3.14. The lowest BCUT2D eigenvalue weighted by Gasteiger charge is -2.24. The monoisotopic (exact) mass is 276 g/mol. The maximum atomic E-state index is 12.4. The molecule has 2 amide bonds. The van der Waals surface area contributed by atoms with Gasteiger partial charge in [-0.25, -0.2) is 0 Å². The Labute approximate surface area is 118 Å². The van der Waals surface area contributed by atoms with Crippen molar-refractivity contribution in [2.45, 2.75) is 6.92 Å². The molecule has 1 aliphatic rings. The number of nitrogens with one attached hydrogen (secondary N) is 3. The lowest BCUT2D eigenvalue weighted by Crippen LogP contribution is -2.38. The Kier molecular flexibility index (Phi) is 4.45. The highest BCUT2D eigenvalue weighted by Crippen LogP contribution is 2.28. The van der Waals surface area contributed by atoms with E-state index in [9.17, 15) is 9.59 Å². The summed E-state index contributed by atoms with van der Waals surface area (Å²) in [6, 6.07) is 5.55. The van der Waals surface area contributed by atoms with Gasteiger partial charge in [0.05, 0.1) is 23.5 Å². The Hall–Kier alpha value is -2.24. The topological polar surface area (TPSA) is 73.5 Å². The highest BCUT2D eigenvalue weighted by atomic mass is 16.2. The summed E-state index contributed by atoms with van der Waals surface area (Å²) in [5.74, 6) is -0.316. The molecule has 1 heterocycles. The van der Waals surface area contributed by atoms with E-state index in [0.29, 0.717) is 12.1 Å². The first-order valence-corrected chi connectivity index (χ1v) is 6.76. The molecule has 6 heteroatoms. The molecule has 0 unspecified atom stereocenters. The van der Waals surface area contributed by atoms with Gasteiger partial charge in [0.15, 0.2) is 0 Å². The van der Waals surface area contributed by atoms with E-state index in [1.165, 1.54) is 4.90 Å². The summed E-state index contributed by atoms with van der Waals surface area (Å²) in [7, 11) is 1.63. The first kappa shape index (κ1) is 14.2. The number of fused-ring (bicyclic) bond motifs is 1. The molecule has 2 rings (SSSR count). The van der Waals surface area contributed by atoms with E-state index in [0.717, 1.165) is 24.5 Å². The largest absolute Gasteiger partial charge is 0.382 e. The molecular weight excluding hydrogens is 256 g/mol. The Morgan fingerprint density at radius 2 is 2.05 bits per heavy atom. The van der Waals surface area contributed by atoms with Crippen LogP contribution in [0.3, 0.4) is 0 Å². The zero-order valence-corrected chi connectivity index (χ0v) is 11.8. The fraction of sp³-hybridized carbons (Fsp3) is 0.429. The smallest absolute Gasteiger partial charge is 0.256 e. The predicted octanol–water partition coefficient (Wildman–Crippen LogP) is 0.732. The van der Waals surface area contributed by atoms with E-state index in [4.69, 9.17) is 0 Å². The summed E-state index contributed by atoms with van der Waals surface area (Å²) in [6.07, 6.45) is 0. The van der Waals surface area contributed by atoms with E-state index >= 15 is 0 Å². The van der Waals surface area contributed by atoms with E-state index in [-0.39, 0.29) is 18.4 Å². The molecule has 1 aromatic rings. The van der Waals surface area contributed by atoms with Crippen molar-refractivity contribution in [2.75, 3.05) is 43.9 Å². The van der Waals surface area contributed by atoms with Crippen molar-refractivity contribution in [3.63, 3.8) is 0 Å². The van der Waals surface area contributed by atoms with E-state index in [1.807, 2.05) is 19.1 Å². The van der Waals surface area contributed by atoms with Crippen molar-refractivity contribution in [3.8, 4) is 0 Å². The normalized spacial score (nSPS) is 12.7. The molecule has 0 saturated heterocycles. The van der Waals surface area contributed by atoms with Gasteiger partial charge in [-0.15, -0.1) is 0 Å². The van der Waals surface area contributed by atoms with Gasteiger partial charge >= 0.3 is 0 Å². The van der Waals surface area contributed by atoms with Crippen LogP contribution in [0.2, 0.25) is 0 Å². The van der Waals surface area contributed by atoms with Gasteiger partial charge in [-0.3, -0.25) is 9.59 Å². The van der Waals surface area contributed by atoms with Crippen LogP contribution in [0.15, 0.2) is 18.2 Å². The lowest BCUT2D eigenvalue weighted by molar-refractivity contribution is -0.121. The average Bonchev–Trinajstić information content (AvgIpc) is 2.46. The van der Waals surface area contributed by atoms with Crippen molar-refractivity contribution in [1.29, 1.82) is 0 Å². The molecule has 0 aliphatic carbocycles. The number of anilines is 2. The number of carbonyl (C=O) groups excluding carboxylic acids is 2. The molecule has 20 heavy (non-hydrogen) atoms. The molecule has 0 aromatic heterocycles. The summed E-state index contributed by atoms with van der Waals surface area (Å²) in [5.41, 5.74) is 2.32. The number of amides is 2. The number of likely N-dealkylation sites (N-methyl/N-ethyl adjacent to an activating group) is 2. The predicted molar refractivity (Wildman–Crippen MR) is 79.1 cm³/mol. The second kappa shape index (κ2) is 6.27. The molecule has 0 atom stereocenters. The highest BCUT2D eigenvalue weighted by Gasteiger charge is 2.21. The molecule has 3 N–H and O–H groups in total. The summed E-state index contributed by atoms with van der Waals surface area (Å²) >= 11 is 0. The average molecular weight is 276 g/mol. The summed E-state index contributed by atoms with van der Waals surface area (Å²) in [4.78, 5) is 25.4. The minimum absolute atomic E-state index is 0.0593. The molecule has 6 nitrogen and oxygen atoms in total. The van der Waals surface area contributed by atoms with Gasteiger partial charge < -0.3 is 20.9 Å². The van der Waals surface area contributed by atoms with E-state index < -0.39 is 0 Å².